The normalized spacial score (nSPS) is 11.6. The Kier molecular flexibility index (Phi) is 7.14. The van der Waals surface area contributed by atoms with Crippen LogP contribution in [0, 0.1) is 0 Å². The average Bonchev–Trinajstić information content (AvgIpc) is 3.59. The van der Waals surface area contributed by atoms with Crippen molar-refractivity contribution in [2.75, 3.05) is 0 Å². The van der Waals surface area contributed by atoms with E-state index in [4.69, 9.17) is 15.0 Å². The fourth-order valence-corrected chi connectivity index (χ4v) is 8.27. The largest absolute Gasteiger partial charge is 0.309 e. The van der Waals surface area contributed by atoms with Crippen LogP contribution in [0.5, 0.6) is 0 Å². The maximum atomic E-state index is 5.02. The summed E-state index contributed by atoms with van der Waals surface area (Å²) in [5, 5.41) is 2.50. The summed E-state index contributed by atoms with van der Waals surface area (Å²) in [6, 6.07) is 68.6. The number of rotatable bonds is 6. The van der Waals surface area contributed by atoms with Gasteiger partial charge in [0.1, 0.15) is 0 Å². The lowest BCUT2D eigenvalue weighted by Crippen LogP contribution is -2.03. The highest BCUT2D eigenvalue weighted by atomic mass is 15.0. The second-order valence-electron chi connectivity index (χ2n) is 14.0. The number of aromatic nitrogens is 4. The third-order valence-corrected chi connectivity index (χ3v) is 10.8. The SMILES string of the molecule is c1ccc(-c2nc(-c3ccccc3)nc(-c3cccc(-c4cccc5c4-c4c(-c6ccc7c(c6)c6ccccc6n7-c6ccccc6)cccc4-5)c3)n2)cc1. The Morgan fingerprint density at radius 2 is 0.745 bits per heavy atom. The van der Waals surface area contributed by atoms with Gasteiger partial charge in [0.15, 0.2) is 17.5 Å². The van der Waals surface area contributed by atoms with Crippen molar-refractivity contribution in [3.8, 4) is 84.4 Å². The zero-order valence-electron chi connectivity index (χ0n) is 29.8. The fraction of sp³-hybridized carbons (Fsp3) is 0. The summed E-state index contributed by atoms with van der Waals surface area (Å²) < 4.78 is 2.37. The lowest BCUT2D eigenvalue weighted by atomic mass is 9.73. The molecule has 8 aromatic carbocycles. The first-order chi connectivity index (χ1) is 27.3. The van der Waals surface area contributed by atoms with Gasteiger partial charge in [-0.3, -0.25) is 0 Å². The lowest BCUT2D eigenvalue weighted by molar-refractivity contribution is 1.07. The van der Waals surface area contributed by atoms with Crippen molar-refractivity contribution in [1.29, 1.82) is 0 Å². The molecule has 0 spiro atoms. The highest BCUT2D eigenvalue weighted by Crippen LogP contribution is 2.55. The summed E-state index contributed by atoms with van der Waals surface area (Å²) in [5.41, 5.74) is 16.3. The third kappa shape index (κ3) is 5.11. The van der Waals surface area contributed by atoms with Crippen molar-refractivity contribution in [2.24, 2.45) is 0 Å². The lowest BCUT2D eigenvalue weighted by Gasteiger charge is -2.30. The van der Waals surface area contributed by atoms with E-state index in [0.717, 1.165) is 27.9 Å². The van der Waals surface area contributed by atoms with E-state index >= 15 is 0 Å². The van der Waals surface area contributed by atoms with Gasteiger partial charge < -0.3 is 4.57 Å². The van der Waals surface area contributed by atoms with Crippen molar-refractivity contribution in [3.63, 3.8) is 0 Å². The molecule has 4 heteroatoms. The molecular weight excluding hydrogens is 669 g/mol. The molecule has 256 valence electrons. The van der Waals surface area contributed by atoms with Crippen LogP contribution in [0.3, 0.4) is 0 Å². The van der Waals surface area contributed by atoms with Crippen LogP contribution >= 0.6 is 0 Å². The van der Waals surface area contributed by atoms with Crippen molar-refractivity contribution >= 4 is 21.8 Å². The molecule has 1 aliphatic rings. The molecular formula is C51H32N4. The Morgan fingerprint density at radius 1 is 0.291 bits per heavy atom. The van der Waals surface area contributed by atoms with Gasteiger partial charge in [-0.25, -0.2) is 15.0 Å². The van der Waals surface area contributed by atoms with Crippen molar-refractivity contribution in [1.82, 2.24) is 19.5 Å². The molecule has 0 unspecified atom stereocenters. The molecule has 0 amide bonds. The van der Waals surface area contributed by atoms with Gasteiger partial charge in [-0.15, -0.1) is 0 Å². The van der Waals surface area contributed by atoms with Crippen LogP contribution in [0.2, 0.25) is 0 Å². The second kappa shape index (κ2) is 12.6. The minimum Gasteiger partial charge on any atom is -0.309 e. The molecule has 1 aliphatic carbocycles. The van der Waals surface area contributed by atoms with E-state index in [2.05, 4.69) is 138 Å². The number of benzene rings is 8. The Labute approximate surface area is 318 Å². The molecule has 11 rings (SSSR count). The van der Waals surface area contributed by atoms with E-state index < -0.39 is 0 Å². The molecule has 0 saturated heterocycles. The second-order valence-corrected chi connectivity index (χ2v) is 14.0. The van der Waals surface area contributed by atoms with Crippen molar-refractivity contribution in [2.45, 2.75) is 0 Å². The first-order valence-electron chi connectivity index (χ1n) is 18.6. The maximum absolute atomic E-state index is 5.02. The van der Waals surface area contributed by atoms with Crippen LogP contribution in [-0.4, -0.2) is 19.5 Å². The smallest absolute Gasteiger partial charge is 0.164 e. The number of hydrogen-bond acceptors (Lipinski definition) is 3. The van der Waals surface area contributed by atoms with Gasteiger partial charge in [0.25, 0.3) is 0 Å². The van der Waals surface area contributed by atoms with E-state index in [0.29, 0.717) is 17.5 Å². The summed E-state index contributed by atoms with van der Waals surface area (Å²) in [4.78, 5) is 14.9. The van der Waals surface area contributed by atoms with Crippen LogP contribution in [-0.2, 0) is 0 Å². The maximum Gasteiger partial charge on any atom is 0.164 e. The van der Waals surface area contributed by atoms with Crippen molar-refractivity contribution in [3.05, 3.63) is 194 Å². The molecule has 0 N–H and O–H groups in total. The van der Waals surface area contributed by atoms with Gasteiger partial charge in [0, 0.05) is 33.2 Å². The average molecular weight is 701 g/mol. The third-order valence-electron chi connectivity index (χ3n) is 10.8. The first kappa shape index (κ1) is 31.1. The molecule has 55 heavy (non-hydrogen) atoms. The zero-order valence-corrected chi connectivity index (χ0v) is 29.8. The Hall–Kier alpha value is -7.43. The molecule has 0 atom stereocenters. The van der Waals surface area contributed by atoms with Crippen LogP contribution in [0.1, 0.15) is 0 Å². The van der Waals surface area contributed by atoms with E-state index in [1.54, 1.807) is 0 Å². The van der Waals surface area contributed by atoms with Gasteiger partial charge in [0.05, 0.1) is 11.0 Å². The highest BCUT2D eigenvalue weighted by molar-refractivity contribution is 6.15. The van der Waals surface area contributed by atoms with Crippen molar-refractivity contribution < 1.29 is 0 Å². The Morgan fingerprint density at radius 3 is 1.38 bits per heavy atom. The number of para-hydroxylation sites is 2. The molecule has 0 aliphatic heterocycles. The summed E-state index contributed by atoms with van der Waals surface area (Å²) in [6.45, 7) is 0. The summed E-state index contributed by atoms with van der Waals surface area (Å²) >= 11 is 0. The fourth-order valence-electron chi connectivity index (χ4n) is 8.27. The standard InChI is InChI=1S/C51H32N4/c1-4-15-33(16-5-1)49-52-50(34-17-6-2-7-18-34)54-51(53-49)37-20-12-19-35(31-37)39-24-13-26-42-43-27-14-25-40(48(43)47(39)42)36-29-30-46-44(32-36)41-23-10-11-28-45(41)55(46)38-21-8-3-9-22-38/h1-32H. The Balaban J connectivity index is 1.03. The first-order valence-corrected chi connectivity index (χ1v) is 18.6. The zero-order chi connectivity index (χ0) is 36.3. The van der Waals surface area contributed by atoms with Gasteiger partial charge in [-0.05, 0) is 80.9 Å². The molecule has 0 fully saturated rings. The quantitative estimate of drug-likeness (QED) is 0.173. The van der Waals surface area contributed by atoms with E-state index in [9.17, 15) is 0 Å². The number of hydrogen-bond donors (Lipinski definition) is 0. The summed E-state index contributed by atoms with van der Waals surface area (Å²) in [6.07, 6.45) is 0. The van der Waals surface area contributed by atoms with Crippen LogP contribution < -0.4 is 0 Å². The monoisotopic (exact) mass is 700 g/mol. The van der Waals surface area contributed by atoms with Crippen LogP contribution in [0.25, 0.3) is 106 Å². The molecule has 0 saturated carbocycles. The number of nitrogens with zero attached hydrogens (tertiary/aromatic N) is 4. The molecule has 10 aromatic rings. The summed E-state index contributed by atoms with van der Waals surface area (Å²) in [5.74, 6) is 1.95. The molecule has 2 aromatic heterocycles. The predicted molar refractivity (Wildman–Crippen MR) is 226 cm³/mol. The Bertz CT molecular complexity index is 3020. The molecule has 4 nitrogen and oxygen atoms in total. The topological polar surface area (TPSA) is 43.6 Å². The summed E-state index contributed by atoms with van der Waals surface area (Å²) in [7, 11) is 0. The van der Waals surface area contributed by atoms with Gasteiger partial charge in [-0.1, -0.05) is 158 Å². The van der Waals surface area contributed by atoms with Crippen LogP contribution in [0.15, 0.2) is 194 Å². The van der Waals surface area contributed by atoms with E-state index in [-0.39, 0.29) is 0 Å². The van der Waals surface area contributed by atoms with Gasteiger partial charge in [-0.2, -0.15) is 0 Å². The van der Waals surface area contributed by atoms with Crippen LogP contribution in [0.4, 0.5) is 0 Å². The highest BCUT2D eigenvalue weighted by Gasteiger charge is 2.29. The van der Waals surface area contributed by atoms with Gasteiger partial charge in [0.2, 0.25) is 0 Å². The molecule has 2 heterocycles. The minimum atomic E-state index is 0.647. The predicted octanol–water partition coefficient (Wildman–Crippen LogP) is 13.0. The molecule has 0 radical (unpaired) electrons. The van der Waals surface area contributed by atoms with E-state index in [1.807, 2.05) is 60.7 Å². The molecule has 0 bridgehead atoms. The van der Waals surface area contributed by atoms with E-state index in [1.165, 1.54) is 60.8 Å². The number of fused-ring (bicyclic) bond motifs is 7. The van der Waals surface area contributed by atoms with Gasteiger partial charge >= 0.3 is 0 Å². The minimum absolute atomic E-state index is 0.647.